The van der Waals surface area contributed by atoms with Gasteiger partial charge >= 0.3 is 5.97 Å². The summed E-state index contributed by atoms with van der Waals surface area (Å²) in [4.78, 5) is 12.0. The minimum atomic E-state index is -2.98. The van der Waals surface area contributed by atoms with Crippen LogP contribution in [0.3, 0.4) is 0 Å². The monoisotopic (exact) mass is 301 g/mol. The smallest absolute Gasteiger partial charge is 0.338 e. The minimum Gasteiger partial charge on any atom is -0.478 e. The van der Waals surface area contributed by atoms with Gasteiger partial charge < -0.3 is 10.4 Å². The predicted molar refractivity (Wildman–Crippen MR) is 75.9 cm³/mol. The van der Waals surface area contributed by atoms with Gasteiger partial charge in [-0.3, -0.25) is 0 Å². The third-order valence-corrected chi connectivity index (χ3v) is 5.60. The molecule has 1 aromatic carbocycles. The molecule has 2 rings (SSSR count). The van der Waals surface area contributed by atoms with Gasteiger partial charge in [0, 0.05) is 10.9 Å². The molecule has 1 fully saturated rings. The zero-order chi connectivity index (χ0) is 14.0. The molecule has 1 unspecified atom stereocenters. The summed E-state index contributed by atoms with van der Waals surface area (Å²) < 4.78 is 22.8. The largest absolute Gasteiger partial charge is 0.478 e. The average molecular weight is 301 g/mol. The van der Waals surface area contributed by atoms with E-state index < -0.39 is 15.8 Å². The van der Waals surface area contributed by atoms with Crippen molar-refractivity contribution in [2.75, 3.05) is 23.1 Å². The van der Waals surface area contributed by atoms with E-state index in [1.54, 1.807) is 18.2 Å². The highest BCUT2D eigenvalue weighted by molar-refractivity contribution is 7.98. The lowest BCUT2D eigenvalue weighted by atomic mass is 10.1. The highest BCUT2D eigenvalue weighted by Gasteiger charge is 2.28. The molecule has 0 amide bonds. The van der Waals surface area contributed by atoms with Gasteiger partial charge in [-0.15, -0.1) is 11.8 Å². The van der Waals surface area contributed by atoms with Gasteiger partial charge in [0.15, 0.2) is 9.84 Å². The van der Waals surface area contributed by atoms with Crippen LogP contribution >= 0.6 is 11.8 Å². The van der Waals surface area contributed by atoms with Crippen molar-refractivity contribution >= 4 is 33.3 Å². The van der Waals surface area contributed by atoms with E-state index >= 15 is 0 Å². The van der Waals surface area contributed by atoms with Crippen LogP contribution in [0.15, 0.2) is 23.1 Å². The molecule has 1 aliphatic heterocycles. The van der Waals surface area contributed by atoms with E-state index in [9.17, 15) is 18.3 Å². The topological polar surface area (TPSA) is 83.5 Å². The van der Waals surface area contributed by atoms with Gasteiger partial charge in [-0.2, -0.15) is 0 Å². The highest BCUT2D eigenvalue weighted by atomic mass is 32.2. The summed E-state index contributed by atoms with van der Waals surface area (Å²) >= 11 is 1.36. The number of carboxylic acids is 1. The molecule has 0 radical (unpaired) electrons. The van der Waals surface area contributed by atoms with Crippen LogP contribution in [0.4, 0.5) is 5.69 Å². The molecule has 1 aromatic rings. The number of sulfone groups is 1. The Morgan fingerprint density at radius 3 is 2.74 bits per heavy atom. The van der Waals surface area contributed by atoms with Crippen LogP contribution in [0.5, 0.6) is 0 Å². The van der Waals surface area contributed by atoms with Crippen LogP contribution < -0.4 is 5.32 Å². The highest BCUT2D eigenvalue weighted by Crippen LogP contribution is 2.28. The zero-order valence-electron chi connectivity index (χ0n) is 10.4. The quantitative estimate of drug-likeness (QED) is 0.824. The fraction of sp³-hybridized carbons (Fsp3) is 0.417. The summed E-state index contributed by atoms with van der Waals surface area (Å²) in [6.45, 7) is 0. The summed E-state index contributed by atoms with van der Waals surface area (Å²) in [6, 6.07) is 4.98. The Morgan fingerprint density at radius 2 is 2.21 bits per heavy atom. The van der Waals surface area contributed by atoms with Crippen molar-refractivity contribution in [3.63, 3.8) is 0 Å². The Balaban J connectivity index is 2.28. The number of carbonyl (C=O) groups is 1. The molecule has 1 atom stereocenters. The normalized spacial score (nSPS) is 21.2. The maximum atomic E-state index is 11.4. The van der Waals surface area contributed by atoms with Gasteiger partial charge in [0.2, 0.25) is 0 Å². The van der Waals surface area contributed by atoms with Crippen LogP contribution in [0.25, 0.3) is 0 Å². The third kappa shape index (κ3) is 3.22. The van der Waals surface area contributed by atoms with E-state index in [1.165, 1.54) is 11.8 Å². The molecule has 1 heterocycles. The predicted octanol–water partition coefficient (Wildman–Crippen LogP) is 1.71. The van der Waals surface area contributed by atoms with Gasteiger partial charge in [-0.1, -0.05) is 6.07 Å². The van der Waals surface area contributed by atoms with Crippen LogP contribution in [-0.4, -0.2) is 43.3 Å². The molecule has 19 heavy (non-hydrogen) atoms. The first-order chi connectivity index (χ1) is 8.93. The summed E-state index contributed by atoms with van der Waals surface area (Å²) in [5.41, 5.74) is 0.695. The Morgan fingerprint density at radius 1 is 1.47 bits per heavy atom. The maximum absolute atomic E-state index is 11.4. The van der Waals surface area contributed by atoms with Crippen molar-refractivity contribution in [2.45, 2.75) is 17.4 Å². The number of anilines is 1. The van der Waals surface area contributed by atoms with E-state index in [0.29, 0.717) is 17.0 Å². The van der Waals surface area contributed by atoms with Crippen molar-refractivity contribution in [1.82, 2.24) is 0 Å². The van der Waals surface area contributed by atoms with Crippen molar-refractivity contribution in [3.8, 4) is 0 Å². The van der Waals surface area contributed by atoms with Crippen molar-refractivity contribution in [1.29, 1.82) is 0 Å². The first-order valence-corrected chi connectivity index (χ1v) is 8.85. The second-order valence-electron chi connectivity index (χ2n) is 4.43. The van der Waals surface area contributed by atoms with Gasteiger partial charge in [-0.25, -0.2) is 13.2 Å². The summed E-state index contributed by atoms with van der Waals surface area (Å²) in [6.07, 6.45) is 2.33. The number of hydrogen-bond donors (Lipinski definition) is 2. The Kier molecular flexibility index (Phi) is 4.05. The average Bonchev–Trinajstić information content (AvgIpc) is 2.68. The lowest BCUT2D eigenvalue weighted by Gasteiger charge is -2.16. The number of rotatable bonds is 4. The van der Waals surface area contributed by atoms with Gasteiger partial charge in [0.1, 0.15) is 0 Å². The number of hydrogen-bond acceptors (Lipinski definition) is 5. The van der Waals surface area contributed by atoms with Crippen LogP contribution in [0, 0.1) is 0 Å². The Labute approximate surface area is 116 Å². The first kappa shape index (κ1) is 14.2. The number of carboxylic acid groups (broad SMARTS) is 1. The van der Waals surface area contributed by atoms with Gasteiger partial charge in [-0.05, 0) is 24.8 Å². The van der Waals surface area contributed by atoms with Gasteiger partial charge in [0.05, 0.1) is 22.8 Å². The lowest BCUT2D eigenvalue weighted by molar-refractivity contribution is 0.0694. The molecular formula is C12H15NO4S2. The van der Waals surface area contributed by atoms with Crippen LogP contribution in [0.2, 0.25) is 0 Å². The van der Waals surface area contributed by atoms with Gasteiger partial charge in [0.25, 0.3) is 0 Å². The molecule has 7 heteroatoms. The van der Waals surface area contributed by atoms with Crippen LogP contribution in [-0.2, 0) is 9.84 Å². The second kappa shape index (κ2) is 5.42. The minimum absolute atomic E-state index is 0.0650. The fourth-order valence-corrected chi connectivity index (χ4v) is 4.46. The lowest BCUT2D eigenvalue weighted by Crippen LogP contribution is -2.22. The molecular weight excluding hydrogens is 286 g/mol. The van der Waals surface area contributed by atoms with E-state index in [2.05, 4.69) is 5.32 Å². The molecule has 2 N–H and O–H groups in total. The molecule has 104 valence electrons. The molecule has 0 saturated carbocycles. The SMILES string of the molecule is CSc1cccc(NC2CCS(=O)(=O)C2)c1C(=O)O. The summed E-state index contributed by atoms with van der Waals surface area (Å²) in [5, 5.41) is 12.3. The molecule has 0 aromatic heterocycles. The molecule has 0 bridgehead atoms. The van der Waals surface area contributed by atoms with Crippen molar-refractivity contribution < 1.29 is 18.3 Å². The summed E-state index contributed by atoms with van der Waals surface area (Å²) in [5.74, 6) is -0.779. The molecule has 0 spiro atoms. The van der Waals surface area contributed by atoms with E-state index in [4.69, 9.17) is 0 Å². The Hall–Kier alpha value is -1.21. The number of aromatic carboxylic acids is 1. The summed E-state index contributed by atoms with van der Waals surface area (Å²) in [7, 11) is -2.98. The second-order valence-corrected chi connectivity index (χ2v) is 7.51. The Bertz CT molecular complexity index is 598. The van der Waals surface area contributed by atoms with E-state index in [1.807, 2.05) is 6.26 Å². The molecule has 1 aliphatic rings. The molecule has 0 aliphatic carbocycles. The maximum Gasteiger partial charge on any atom is 0.338 e. The fourth-order valence-electron chi connectivity index (χ4n) is 2.17. The number of thioether (sulfide) groups is 1. The van der Waals surface area contributed by atoms with E-state index in [-0.39, 0.29) is 23.1 Å². The third-order valence-electron chi connectivity index (χ3n) is 3.05. The first-order valence-electron chi connectivity index (χ1n) is 5.80. The number of nitrogens with one attached hydrogen (secondary N) is 1. The molecule has 1 saturated heterocycles. The number of benzene rings is 1. The zero-order valence-corrected chi connectivity index (χ0v) is 12.1. The van der Waals surface area contributed by atoms with E-state index in [0.717, 1.165) is 0 Å². The molecule has 5 nitrogen and oxygen atoms in total. The van der Waals surface area contributed by atoms with Crippen LogP contribution in [0.1, 0.15) is 16.8 Å². The van der Waals surface area contributed by atoms with Crippen molar-refractivity contribution in [3.05, 3.63) is 23.8 Å². The standard InChI is InChI=1S/C12H15NO4S2/c1-18-10-4-2-3-9(11(10)12(14)15)13-8-5-6-19(16,17)7-8/h2-4,8,13H,5-7H2,1H3,(H,14,15). The van der Waals surface area contributed by atoms with Crippen molar-refractivity contribution in [2.24, 2.45) is 0 Å².